The lowest BCUT2D eigenvalue weighted by atomic mass is 10.0. The molecule has 0 aliphatic carbocycles. The van der Waals surface area contributed by atoms with Crippen molar-refractivity contribution in [3.05, 3.63) is 42.0 Å². The van der Waals surface area contributed by atoms with Gasteiger partial charge in [-0.2, -0.15) is 5.21 Å². The summed E-state index contributed by atoms with van der Waals surface area (Å²) in [5, 5.41) is 16.4. The number of aryl methyl sites for hydroxylation is 1. The number of fused-ring (bicyclic) bond motifs is 1. The summed E-state index contributed by atoms with van der Waals surface area (Å²) in [6.07, 6.45) is 0. The van der Waals surface area contributed by atoms with Crippen LogP contribution in [0.3, 0.4) is 0 Å². The van der Waals surface area contributed by atoms with Gasteiger partial charge in [-0.3, -0.25) is 0 Å². The Morgan fingerprint density at radius 2 is 1.81 bits per heavy atom. The number of nitrogens with zero attached hydrogens (tertiary/aromatic N) is 3. The lowest BCUT2D eigenvalue weighted by Gasteiger charge is -2.01. The molecule has 1 N–H and O–H groups in total. The van der Waals surface area contributed by atoms with Crippen molar-refractivity contribution in [3.63, 3.8) is 0 Å². The second-order valence-corrected chi connectivity index (χ2v) is 3.80. The van der Waals surface area contributed by atoms with Crippen LogP contribution in [-0.2, 0) is 0 Å². The zero-order chi connectivity index (χ0) is 11.0. The number of aromatic nitrogens is 4. The van der Waals surface area contributed by atoms with Gasteiger partial charge in [-0.05, 0) is 29.0 Å². The number of benzene rings is 2. The number of hydrogen-bond acceptors (Lipinski definition) is 3. The Morgan fingerprint density at radius 1 is 1.00 bits per heavy atom. The summed E-state index contributed by atoms with van der Waals surface area (Å²) in [6.45, 7) is 2.09. The highest BCUT2D eigenvalue weighted by Crippen LogP contribution is 2.22. The number of tetrazole rings is 1. The molecule has 3 aromatic rings. The first kappa shape index (κ1) is 9.03. The number of H-pyrrole nitrogens is 1. The van der Waals surface area contributed by atoms with Crippen molar-refractivity contribution in [1.29, 1.82) is 0 Å². The van der Waals surface area contributed by atoms with E-state index in [9.17, 15) is 0 Å². The zero-order valence-electron chi connectivity index (χ0n) is 8.81. The molecule has 78 valence electrons. The topological polar surface area (TPSA) is 54.5 Å². The van der Waals surface area contributed by atoms with Gasteiger partial charge in [0.1, 0.15) is 0 Å². The Balaban J connectivity index is 2.20. The van der Waals surface area contributed by atoms with E-state index in [4.69, 9.17) is 0 Å². The Bertz CT molecular complexity index is 629. The number of hydrogen-bond donors (Lipinski definition) is 1. The minimum Gasteiger partial charge on any atom is -0.177 e. The molecule has 0 unspecified atom stereocenters. The maximum absolute atomic E-state index is 3.96. The molecule has 0 aliphatic heterocycles. The second kappa shape index (κ2) is 3.41. The molecule has 0 fully saturated rings. The predicted octanol–water partition coefficient (Wildman–Crippen LogP) is 2.33. The first-order chi connectivity index (χ1) is 7.83. The van der Waals surface area contributed by atoms with Gasteiger partial charge in [0.2, 0.25) is 5.82 Å². The van der Waals surface area contributed by atoms with Crippen LogP contribution in [-0.4, -0.2) is 20.6 Å². The van der Waals surface area contributed by atoms with Crippen molar-refractivity contribution in [2.24, 2.45) is 0 Å². The Morgan fingerprint density at radius 3 is 2.62 bits per heavy atom. The predicted molar refractivity (Wildman–Crippen MR) is 61.9 cm³/mol. The van der Waals surface area contributed by atoms with E-state index < -0.39 is 0 Å². The number of rotatable bonds is 1. The summed E-state index contributed by atoms with van der Waals surface area (Å²) < 4.78 is 0. The fraction of sp³-hybridized carbons (Fsp3) is 0.0833. The van der Waals surface area contributed by atoms with E-state index in [1.54, 1.807) is 0 Å². The fourth-order valence-electron chi connectivity index (χ4n) is 1.79. The largest absolute Gasteiger partial charge is 0.204 e. The van der Waals surface area contributed by atoms with Crippen LogP contribution in [0.4, 0.5) is 0 Å². The third-order valence-corrected chi connectivity index (χ3v) is 2.60. The molecule has 0 atom stereocenters. The molecule has 2 aromatic carbocycles. The van der Waals surface area contributed by atoms with E-state index in [2.05, 4.69) is 57.9 Å². The Labute approximate surface area is 92.3 Å². The fourth-order valence-corrected chi connectivity index (χ4v) is 1.79. The monoisotopic (exact) mass is 210 g/mol. The van der Waals surface area contributed by atoms with Crippen LogP contribution >= 0.6 is 0 Å². The van der Waals surface area contributed by atoms with Gasteiger partial charge in [-0.1, -0.05) is 35.9 Å². The minimum atomic E-state index is 0.627. The normalized spacial score (nSPS) is 10.8. The molecule has 0 radical (unpaired) electrons. The molecule has 1 heterocycles. The molecule has 4 nitrogen and oxygen atoms in total. The number of aromatic amines is 1. The van der Waals surface area contributed by atoms with Gasteiger partial charge in [-0.25, -0.2) is 0 Å². The maximum atomic E-state index is 3.96. The van der Waals surface area contributed by atoms with Crippen molar-refractivity contribution in [1.82, 2.24) is 20.6 Å². The van der Waals surface area contributed by atoms with Crippen molar-refractivity contribution in [2.75, 3.05) is 0 Å². The molecule has 0 aliphatic rings. The van der Waals surface area contributed by atoms with Gasteiger partial charge >= 0.3 is 0 Å². The Hall–Kier alpha value is -2.23. The lowest BCUT2D eigenvalue weighted by molar-refractivity contribution is 0.881. The summed E-state index contributed by atoms with van der Waals surface area (Å²) in [5.41, 5.74) is 2.24. The summed E-state index contributed by atoms with van der Waals surface area (Å²) >= 11 is 0. The SMILES string of the molecule is Cc1ccc2cc(-c3nn[nH]n3)ccc2c1. The highest BCUT2D eigenvalue weighted by Gasteiger charge is 2.03. The van der Waals surface area contributed by atoms with Crippen molar-refractivity contribution >= 4 is 10.8 Å². The van der Waals surface area contributed by atoms with Crippen molar-refractivity contribution in [2.45, 2.75) is 6.92 Å². The maximum Gasteiger partial charge on any atom is 0.204 e. The zero-order valence-corrected chi connectivity index (χ0v) is 8.81. The molecule has 0 spiro atoms. The van der Waals surface area contributed by atoms with Crippen LogP contribution in [0, 0.1) is 6.92 Å². The molecule has 1 aromatic heterocycles. The summed E-state index contributed by atoms with van der Waals surface area (Å²) in [5.74, 6) is 0.627. The average Bonchev–Trinajstić information content (AvgIpc) is 2.82. The first-order valence-corrected chi connectivity index (χ1v) is 5.07. The van der Waals surface area contributed by atoms with E-state index in [0.29, 0.717) is 5.82 Å². The minimum absolute atomic E-state index is 0.627. The van der Waals surface area contributed by atoms with Crippen molar-refractivity contribution in [3.8, 4) is 11.4 Å². The standard InChI is InChI=1S/C12H10N4/c1-8-2-3-10-7-11(5-4-9(10)6-8)12-13-15-16-14-12/h2-7H,1H3,(H,13,14,15,16). The molecule has 16 heavy (non-hydrogen) atoms. The third kappa shape index (κ3) is 1.44. The highest BCUT2D eigenvalue weighted by molar-refractivity contribution is 5.86. The van der Waals surface area contributed by atoms with Gasteiger partial charge in [-0.15, -0.1) is 10.2 Å². The summed E-state index contributed by atoms with van der Waals surface area (Å²) in [7, 11) is 0. The Kier molecular flexibility index (Phi) is 1.93. The van der Waals surface area contributed by atoms with E-state index in [1.165, 1.54) is 16.3 Å². The average molecular weight is 210 g/mol. The second-order valence-electron chi connectivity index (χ2n) is 3.80. The first-order valence-electron chi connectivity index (χ1n) is 5.07. The van der Waals surface area contributed by atoms with Crippen LogP contribution in [0.5, 0.6) is 0 Å². The molecule has 0 saturated carbocycles. The molecule has 0 saturated heterocycles. The van der Waals surface area contributed by atoms with E-state index in [0.717, 1.165) is 5.56 Å². The van der Waals surface area contributed by atoms with E-state index in [1.807, 2.05) is 6.07 Å². The van der Waals surface area contributed by atoms with Gasteiger partial charge in [0, 0.05) is 5.56 Å². The molecule has 0 bridgehead atoms. The molecule has 0 amide bonds. The van der Waals surface area contributed by atoms with Gasteiger partial charge in [0.25, 0.3) is 0 Å². The number of nitrogens with one attached hydrogen (secondary N) is 1. The third-order valence-electron chi connectivity index (χ3n) is 2.60. The molecule has 4 heteroatoms. The van der Waals surface area contributed by atoms with Crippen LogP contribution in [0.1, 0.15) is 5.56 Å². The lowest BCUT2D eigenvalue weighted by Crippen LogP contribution is -1.82. The smallest absolute Gasteiger partial charge is 0.177 e. The molecular formula is C12H10N4. The van der Waals surface area contributed by atoms with E-state index in [-0.39, 0.29) is 0 Å². The van der Waals surface area contributed by atoms with Gasteiger partial charge < -0.3 is 0 Å². The van der Waals surface area contributed by atoms with Crippen molar-refractivity contribution < 1.29 is 0 Å². The summed E-state index contributed by atoms with van der Waals surface area (Å²) in [6, 6.07) is 12.5. The van der Waals surface area contributed by atoms with Gasteiger partial charge in [0.05, 0.1) is 0 Å². The molecular weight excluding hydrogens is 200 g/mol. The van der Waals surface area contributed by atoms with Crippen LogP contribution in [0.15, 0.2) is 36.4 Å². The summed E-state index contributed by atoms with van der Waals surface area (Å²) in [4.78, 5) is 0. The van der Waals surface area contributed by atoms with Gasteiger partial charge in [0.15, 0.2) is 0 Å². The van der Waals surface area contributed by atoms with Crippen LogP contribution in [0.25, 0.3) is 22.2 Å². The van der Waals surface area contributed by atoms with Crippen LogP contribution < -0.4 is 0 Å². The quantitative estimate of drug-likeness (QED) is 0.670. The van der Waals surface area contributed by atoms with E-state index >= 15 is 0 Å². The molecule has 3 rings (SSSR count). The highest BCUT2D eigenvalue weighted by atomic mass is 15.5. The van der Waals surface area contributed by atoms with Crippen LogP contribution in [0.2, 0.25) is 0 Å².